The van der Waals surface area contributed by atoms with E-state index >= 15 is 0 Å². The molecule has 21 heavy (non-hydrogen) atoms. The second-order valence-electron chi connectivity index (χ2n) is 4.88. The third-order valence-corrected chi connectivity index (χ3v) is 4.21. The van der Waals surface area contributed by atoms with E-state index in [2.05, 4.69) is 10.6 Å². The van der Waals surface area contributed by atoms with Crippen LogP contribution in [-0.2, 0) is 0 Å². The molecule has 1 saturated heterocycles. The predicted octanol–water partition coefficient (Wildman–Crippen LogP) is 2.77. The van der Waals surface area contributed by atoms with Crippen molar-refractivity contribution in [1.29, 1.82) is 0 Å². The Labute approximate surface area is 132 Å². The van der Waals surface area contributed by atoms with Crippen molar-refractivity contribution in [3.63, 3.8) is 0 Å². The van der Waals surface area contributed by atoms with E-state index in [0.29, 0.717) is 12.6 Å². The molecule has 6 nitrogen and oxygen atoms in total. The van der Waals surface area contributed by atoms with E-state index in [9.17, 15) is 14.9 Å². The molecule has 114 valence electrons. The van der Waals surface area contributed by atoms with Gasteiger partial charge in [0.1, 0.15) is 0 Å². The van der Waals surface area contributed by atoms with E-state index < -0.39 is 10.8 Å². The van der Waals surface area contributed by atoms with Gasteiger partial charge in [-0.1, -0.05) is 23.2 Å². The number of rotatable bonds is 5. The Morgan fingerprint density at radius 2 is 2.24 bits per heavy atom. The molecular weight excluding hydrogens is 317 g/mol. The van der Waals surface area contributed by atoms with Crippen molar-refractivity contribution in [2.45, 2.75) is 25.3 Å². The number of nitrogens with zero attached hydrogens (tertiary/aromatic N) is 1. The first-order valence-corrected chi connectivity index (χ1v) is 7.39. The van der Waals surface area contributed by atoms with Gasteiger partial charge >= 0.3 is 0 Å². The Bertz CT molecular complexity index is 560. The topological polar surface area (TPSA) is 84.3 Å². The molecule has 1 aliphatic rings. The molecule has 1 aromatic rings. The Balaban J connectivity index is 2.02. The Hall–Kier alpha value is -1.37. The SMILES string of the molecule is O=C(NCC[C@H]1CCCN1)c1cc([N+](=O)[O-])cc(Cl)c1Cl. The number of nitrogens with one attached hydrogen (secondary N) is 2. The van der Waals surface area contributed by atoms with Gasteiger partial charge in [0, 0.05) is 24.7 Å². The molecule has 1 aliphatic heterocycles. The van der Waals surface area contributed by atoms with Crippen LogP contribution in [0.4, 0.5) is 5.69 Å². The molecule has 1 atom stereocenters. The minimum atomic E-state index is -0.610. The van der Waals surface area contributed by atoms with Gasteiger partial charge in [0.25, 0.3) is 11.6 Å². The van der Waals surface area contributed by atoms with Crippen LogP contribution in [0.15, 0.2) is 12.1 Å². The number of carbonyl (C=O) groups is 1. The molecule has 0 spiro atoms. The number of hydrogen-bond donors (Lipinski definition) is 2. The van der Waals surface area contributed by atoms with E-state index in [1.165, 1.54) is 0 Å². The first kappa shape index (κ1) is 16.0. The molecule has 8 heteroatoms. The molecule has 2 N–H and O–H groups in total. The molecule has 0 aliphatic carbocycles. The molecule has 0 unspecified atom stereocenters. The fourth-order valence-electron chi connectivity index (χ4n) is 2.30. The highest BCUT2D eigenvalue weighted by Gasteiger charge is 2.20. The van der Waals surface area contributed by atoms with E-state index in [4.69, 9.17) is 23.2 Å². The van der Waals surface area contributed by atoms with Crippen molar-refractivity contribution < 1.29 is 9.72 Å². The summed E-state index contributed by atoms with van der Waals surface area (Å²) in [5.41, 5.74) is -0.234. The summed E-state index contributed by atoms with van der Waals surface area (Å²) in [6.45, 7) is 1.48. The lowest BCUT2D eigenvalue weighted by atomic mass is 10.1. The molecule has 1 aromatic carbocycles. The molecule has 1 heterocycles. The van der Waals surface area contributed by atoms with Gasteiger partial charge in [-0.15, -0.1) is 0 Å². The summed E-state index contributed by atoms with van der Waals surface area (Å²) in [4.78, 5) is 22.3. The average Bonchev–Trinajstić information content (AvgIpc) is 2.94. The van der Waals surface area contributed by atoms with Gasteiger partial charge in [-0.05, 0) is 25.8 Å². The van der Waals surface area contributed by atoms with Gasteiger partial charge in [0.2, 0.25) is 0 Å². The zero-order chi connectivity index (χ0) is 15.4. The van der Waals surface area contributed by atoms with Crippen molar-refractivity contribution in [1.82, 2.24) is 10.6 Å². The van der Waals surface area contributed by atoms with Crippen LogP contribution in [0.5, 0.6) is 0 Å². The number of nitro benzene ring substituents is 1. The molecule has 0 saturated carbocycles. The standard InChI is InChI=1S/C13H15Cl2N3O3/c14-11-7-9(18(20)21)6-10(12(11)15)13(19)17-5-3-8-2-1-4-16-8/h6-8,16H,1-5H2,(H,17,19)/t8-/m1/s1. The summed E-state index contributed by atoms with van der Waals surface area (Å²) < 4.78 is 0. The number of halogens is 2. The van der Waals surface area contributed by atoms with Crippen LogP contribution in [0.2, 0.25) is 10.0 Å². The molecule has 1 amide bonds. The van der Waals surface area contributed by atoms with Crippen molar-refractivity contribution >= 4 is 34.8 Å². The van der Waals surface area contributed by atoms with E-state index in [0.717, 1.165) is 37.9 Å². The lowest BCUT2D eigenvalue weighted by molar-refractivity contribution is -0.384. The van der Waals surface area contributed by atoms with Gasteiger partial charge in [-0.3, -0.25) is 14.9 Å². The van der Waals surface area contributed by atoms with E-state index in [-0.39, 0.29) is 21.3 Å². The van der Waals surface area contributed by atoms with Gasteiger partial charge in [-0.25, -0.2) is 0 Å². The molecule has 0 radical (unpaired) electrons. The number of benzene rings is 1. The second kappa shape index (κ2) is 7.06. The molecule has 0 aromatic heterocycles. The van der Waals surface area contributed by atoms with Crippen LogP contribution < -0.4 is 10.6 Å². The van der Waals surface area contributed by atoms with Crippen molar-refractivity contribution in [3.8, 4) is 0 Å². The van der Waals surface area contributed by atoms with E-state index in [1.807, 2.05) is 0 Å². The first-order chi connectivity index (χ1) is 9.99. The van der Waals surface area contributed by atoms with Crippen LogP contribution in [0.1, 0.15) is 29.6 Å². The second-order valence-corrected chi connectivity index (χ2v) is 5.67. The normalized spacial score (nSPS) is 17.7. The molecule has 2 rings (SSSR count). The van der Waals surface area contributed by atoms with Crippen LogP contribution >= 0.6 is 23.2 Å². The number of carbonyl (C=O) groups excluding carboxylic acids is 1. The lowest BCUT2D eigenvalue weighted by Gasteiger charge is -2.11. The first-order valence-electron chi connectivity index (χ1n) is 6.64. The van der Waals surface area contributed by atoms with Crippen molar-refractivity contribution in [2.75, 3.05) is 13.1 Å². The highest BCUT2D eigenvalue weighted by Crippen LogP contribution is 2.30. The smallest absolute Gasteiger partial charge is 0.271 e. The van der Waals surface area contributed by atoms with Gasteiger partial charge < -0.3 is 10.6 Å². The summed E-state index contributed by atoms with van der Waals surface area (Å²) in [5, 5.41) is 16.9. The average molecular weight is 332 g/mol. The van der Waals surface area contributed by atoms with Gasteiger partial charge in [-0.2, -0.15) is 0 Å². The number of nitro groups is 1. The summed E-state index contributed by atoms with van der Waals surface area (Å²) >= 11 is 11.8. The molecule has 0 bridgehead atoms. The zero-order valence-electron chi connectivity index (χ0n) is 11.2. The summed E-state index contributed by atoms with van der Waals surface area (Å²) in [7, 11) is 0. The largest absolute Gasteiger partial charge is 0.352 e. The van der Waals surface area contributed by atoms with Crippen LogP contribution in [0, 0.1) is 10.1 Å². The summed E-state index contributed by atoms with van der Waals surface area (Å²) in [6, 6.07) is 2.68. The fourth-order valence-corrected chi connectivity index (χ4v) is 2.71. The van der Waals surface area contributed by atoms with Crippen molar-refractivity contribution in [3.05, 3.63) is 37.9 Å². The van der Waals surface area contributed by atoms with Gasteiger partial charge in [0.05, 0.1) is 20.5 Å². The Morgan fingerprint density at radius 3 is 2.86 bits per heavy atom. The maximum atomic E-state index is 12.1. The predicted molar refractivity (Wildman–Crippen MR) is 81.1 cm³/mol. The van der Waals surface area contributed by atoms with Crippen molar-refractivity contribution in [2.24, 2.45) is 0 Å². The lowest BCUT2D eigenvalue weighted by Crippen LogP contribution is -2.30. The molecule has 1 fully saturated rings. The minimum Gasteiger partial charge on any atom is -0.352 e. The maximum absolute atomic E-state index is 12.1. The third kappa shape index (κ3) is 4.06. The Kier molecular flexibility index (Phi) is 5.39. The van der Waals surface area contributed by atoms with Crippen LogP contribution in [0.3, 0.4) is 0 Å². The number of non-ortho nitro benzene ring substituents is 1. The highest BCUT2D eigenvalue weighted by molar-refractivity contribution is 6.44. The van der Waals surface area contributed by atoms with Crippen LogP contribution in [-0.4, -0.2) is 30.0 Å². The Morgan fingerprint density at radius 1 is 1.48 bits per heavy atom. The summed E-state index contributed by atoms with van der Waals surface area (Å²) in [6.07, 6.45) is 3.05. The zero-order valence-corrected chi connectivity index (χ0v) is 12.7. The van der Waals surface area contributed by atoms with Gasteiger partial charge in [0.15, 0.2) is 0 Å². The minimum absolute atomic E-state index is 0.00604. The quantitative estimate of drug-likeness (QED) is 0.641. The number of amides is 1. The monoisotopic (exact) mass is 331 g/mol. The third-order valence-electron chi connectivity index (χ3n) is 3.41. The molecular formula is C13H15Cl2N3O3. The van der Waals surface area contributed by atoms with E-state index in [1.54, 1.807) is 0 Å². The highest BCUT2D eigenvalue weighted by atomic mass is 35.5. The maximum Gasteiger partial charge on any atom is 0.271 e. The summed E-state index contributed by atoms with van der Waals surface area (Å²) in [5.74, 6) is -0.455. The number of hydrogen-bond acceptors (Lipinski definition) is 4. The fraction of sp³-hybridized carbons (Fsp3) is 0.462. The van der Waals surface area contributed by atoms with Crippen LogP contribution in [0.25, 0.3) is 0 Å².